The molecule has 0 saturated carbocycles. The van der Waals surface area contributed by atoms with E-state index in [0.29, 0.717) is 0 Å². The molecule has 3 heteroatoms. The minimum atomic E-state index is 0.182. The summed E-state index contributed by atoms with van der Waals surface area (Å²) in [5.74, 6) is 1.89. The van der Waals surface area contributed by atoms with Crippen LogP contribution in [0.15, 0.2) is 46.9 Å². The molecule has 0 radical (unpaired) electrons. The first-order valence-electron chi connectivity index (χ1n) is 6.62. The fourth-order valence-electron chi connectivity index (χ4n) is 2.37. The summed E-state index contributed by atoms with van der Waals surface area (Å²) in [6.07, 6.45) is 0.722. The SMILES string of the molecule is Cc1ccc(CN(C)[C@@H](CCO)c2ccccc2)o1. The van der Waals surface area contributed by atoms with Gasteiger partial charge in [0.05, 0.1) is 6.54 Å². The molecule has 1 aromatic heterocycles. The Morgan fingerprint density at radius 3 is 2.47 bits per heavy atom. The molecule has 0 amide bonds. The van der Waals surface area contributed by atoms with Gasteiger partial charge in [0.2, 0.25) is 0 Å². The highest BCUT2D eigenvalue weighted by molar-refractivity contribution is 5.19. The minimum Gasteiger partial charge on any atom is -0.465 e. The predicted octanol–water partition coefficient (Wildman–Crippen LogP) is 3.14. The quantitative estimate of drug-likeness (QED) is 0.865. The molecule has 2 aromatic rings. The van der Waals surface area contributed by atoms with Crippen LogP contribution >= 0.6 is 0 Å². The van der Waals surface area contributed by atoms with Gasteiger partial charge in [-0.1, -0.05) is 30.3 Å². The molecule has 102 valence electrons. The molecule has 0 bridgehead atoms. The van der Waals surface area contributed by atoms with Crippen molar-refractivity contribution in [2.75, 3.05) is 13.7 Å². The van der Waals surface area contributed by atoms with E-state index in [4.69, 9.17) is 4.42 Å². The van der Waals surface area contributed by atoms with E-state index in [0.717, 1.165) is 24.5 Å². The van der Waals surface area contributed by atoms with E-state index in [1.165, 1.54) is 5.56 Å². The fraction of sp³-hybridized carbons (Fsp3) is 0.375. The lowest BCUT2D eigenvalue weighted by Crippen LogP contribution is -2.25. The van der Waals surface area contributed by atoms with Crippen molar-refractivity contribution in [1.82, 2.24) is 4.90 Å². The van der Waals surface area contributed by atoms with E-state index >= 15 is 0 Å². The Kier molecular flexibility index (Phi) is 4.77. The second-order valence-electron chi connectivity index (χ2n) is 4.87. The van der Waals surface area contributed by atoms with Crippen LogP contribution in [0.25, 0.3) is 0 Å². The summed E-state index contributed by atoms with van der Waals surface area (Å²) < 4.78 is 5.61. The molecule has 1 aromatic carbocycles. The predicted molar refractivity (Wildman–Crippen MR) is 75.8 cm³/mol. The lowest BCUT2D eigenvalue weighted by atomic mass is 10.0. The Morgan fingerprint density at radius 2 is 1.89 bits per heavy atom. The van der Waals surface area contributed by atoms with Crippen molar-refractivity contribution in [2.45, 2.75) is 25.9 Å². The summed E-state index contributed by atoms with van der Waals surface area (Å²) in [6, 6.07) is 14.5. The van der Waals surface area contributed by atoms with E-state index < -0.39 is 0 Å². The van der Waals surface area contributed by atoms with Crippen molar-refractivity contribution < 1.29 is 9.52 Å². The summed E-state index contributed by atoms with van der Waals surface area (Å²) in [4.78, 5) is 2.21. The van der Waals surface area contributed by atoms with Crippen LogP contribution in [0.2, 0.25) is 0 Å². The summed E-state index contributed by atoms with van der Waals surface area (Å²) in [5.41, 5.74) is 1.22. The summed E-state index contributed by atoms with van der Waals surface area (Å²) in [5, 5.41) is 9.27. The molecule has 0 saturated heterocycles. The van der Waals surface area contributed by atoms with Gasteiger partial charge in [-0.2, -0.15) is 0 Å². The lowest BCUT2D eigenvalue weighted by molar-refractivity contribution is 0.170. The van der Waals surface area contributed by atoms with Gasteiger partial charge in [-0.05, 0) is 38.1 Å². The molecule has 2 rings (SSSR count). The molecule has 1 atom stereocenters. The second-order valence-corrected chi connectivity index (χ2v) is 4.87. The van der Waals surface area contributed by atoms with Gasteiger partial charge in [-0.3, -0.25) is 4.90 Å². The summed E-state index contributed by atoms with van der Waals surface area (Å²) in [6.45, 7) is 2.88. The highest BCUT2D eigenvalue weighted by Gasteiger charge is 2.17. The van der Waals surface area contributed by atoms with Crippen LogP contribution in [-0.4, -0.2) is 23.7 Å². The maximum atomic E-state index is 9.27. The largest absolute Gasteiger partial charge is 0.465 e. The molecule has 0 unspecified atom stereocenters. The Labute approximate surface area is 114 Å². The number of furan rings is 1. The van der Waals surface area contributed by atoms with Crippen molar-refractivity contribution >= 4 is 0 Å². The Morgan fingerprint density at radius 1 is 1.16 bits per heavy atom. The number of aliphatic hydroxyl groups is 1. The fourth-order valence-corrected chi connectivity index (χ4v) is 2.37. The van der Waals surface area contributed by atoms with Gasteiger partial charge in [0.15, 0.2) is 0 Å². The van der Waals surface area contributed by atoms with Crippen molar-refractivity contribution in [3.8, 4) is 0 Å². The molecule has 1 N–H and O–H groups in total. The van der Waals surface area contributed by atoms with E-state index in [1.54, 1.807) is 0 Å². The van der Waals surface area contributed by atoms with Crippen LogP contribution < -0.4 is 0 Å². The van der Waals surface area contributed by atoms with Gasteiger partial charge in [0.25, 0.3) is 0 Å². The number of benzene rings is 1. The van der Waals surface area contributed by atoms with Crippen LogP contribution in [0.3, 0.4) is 0 Å². The molecule has 0 fully saturated rings. The van der Waals surface area contributed by atoms with Gasteiger partial charge in [-0.15, -0.1) is 0 Å². The smallest absolute Gasteiger partial charge is 0.118 e. The molecule has 3 nitrogen and oxygen atoms in total. The molecule has 0 spiro atoms. The van der Waals surface area contributed by atoms with Crippen LogP contribution in [0.1, 0.15) is 29.5 Å². The molecule has 19 heavy (non-hydrogen) atoms. The van der Waals surface area contributed by atoms with Crippen molar-refractivity contribution in [3.05, 3.63) is 59.5 Å². The van der Waals surface area contributed by atoms with E-state index in [2.05, 4.69) is 24.1 Å². The van der Waals surface area contributed by atoms with Crippen LogP contribution in [-0.2, 0) is 6.54 Å². The third-order valence-electron chi connectivity index (χ3n) is 3.32. The average molecular weight is 259 g/mol. The normalized spacial score (nSPS) is 12.8. The molecule has 0 aliphatic heterocycles. The number of rotatable bonds is 6. The van der Waals surface area contributed by atoms with E-state index in [-0.39, 0.29) is 12.6 Å². The third kappa shape index (κ3) is 3.69. The standard InChI is InChI=1S/C16H21NO2/c1-13-8-9-15(19-13)12-17(2)16(10-11-18)14-6-4-3-5-7-14/h3-9,16,18H,10-12H2,1-2H3/t16-/m0/s1. The monoisotopic (exact) mass is 259 g/mol. The second kappa shape index (κ2) is 6.55. The zero-order valence-corrected chi connectivity index (χ0v) is 11.5. The highest BCUT2D eigenvalue weighted by Crippen LogP contribution is 2.24. The first-order valence-corrected chi connectivity index (χ1v) is 6.62. The topological polar surface area (TPSA) is 36.6 Å². The van der Waals surface area contributed by atoms with Gasteiger partial charge in [0.1, 0.15) is 11.5 Å². The van der Waals surface area contributed by atoms with Crippen molar-refractivity contribution in [2.24, 2.45) is 0 Å². The Hall–Kier alpha value is -1.58. The Balaban J connectivity index is 2.10. The van der Waals surface area contributed by atoms with Crippen molar-refractivity contribution in [3.63, 3.8) is 0 Å². The zero-order chi connectivity index (χ0) is 13.7. The zero-order valence-electron chi connectivity index (χ0n) is 11.5. The summed E-state index contributed by atoms with van der Waals surface area (Å²) in [7, 11) is 2.06. The van der Waals surface area contributed by atoms with Crippen LogP contribution in [0, 0.1) is 6.92 Å². The maximum absolute atomic E-state index is 9.27. The lowest BCUT2D eigenvalue weighted by Gasteiger charge is -2.27. The highest BCUT2D eigenvalue weighted by atomic mass is 16.3. The van der Waals surface area contributed by atoms with Gasteiger partial charge in [-0.25, -0.2) is 0 Å². The molecular formula is C16H21NO2. The molecule has 0 aliphatic rings. The average Bonchev–Trinajstić information content (AvgIpc) is 2.82. The minimum absolute atomic E-state index is 0.182. The van der Waals surface area contributed by atoms with E-state index in [9.17, 15) is 5.11 Å². The number of nitrogens with zero attached hydrogens (tertiary/aromatic N) is 1. The summed E-state index contributed by atoms with van der Waals surface area (Å²) >= 11 is 0. The van der Waals surface area contributed by atoms with Gasteiger partial charge in [0, 0.05) is 12.6 Å². The maximum Gasteiger partial charge on any atom is 0.118 e. The third-order valence-corrected chi connectivity index (χ3v) is 3.32. The van der Waals surface area contributed by atoms with E-state index in [1.807, 2.05) is 37.3 Å². The number of aliphatic hydroxyl groups excluding tert-OH is 1. The first-order chi connectivity index (χ1) is 9.20. The van der Waals surface area contributed by atoms with Gasteiger partial charge < -0.3 is 9.52 Å². The van der Waals surface area contributed by atoms with Crippen LogP contribution in [0.4, 0.5) is 0 Å². The molecular weight excluding hydrogens is 238 g/mol. The van der Waals surface area contributed by atoms with Gasteiger partial charge >= 0.3 is 0 Å². The number of aryl methyl sites for hydroxylation is 1. The number of hydrogen-bond acceptors (Lipinski definition) is 3. The Bertz CT molecular complexity index is 492. The van der Waals surface area contributed by atoms with Crippen molar-refractivity contribution in [1.29, 1.82) is 0 Å². The van der Waals surface area contributed by atoms with Crippen LogP contribution in [0.5, 0.6) is 0 Å². The molecule has 1 heterocycles. The number of hydrogen-bond donors (Lipinski definition) is 1. The molecule has 0 aliphatic carbocycles. The first kappa shape index (κ1) is 13.8.